The molecule has 0 saturated carbocycles. The molecule has 0 spiro atoms. The maximum absolute atomic E-state index is 3.47. The zero-order valence-corrected chi connectivity index (χ0v) is 11.0. The van der Waals surface area contributed by atoms with Crippen molar-refractivity contribution in [2.75, 3.05) is 14.1 Å². The van der Waals surface area contributed by atoms with Crippen molar-refractivity contribution in [1.82, 2.24) is 9.88 Å². The third-order valence-corrected chi connectivity index (χ3v) is 2.57. The highest BCUT2D eigenvalue weighted by Crippen LogP contribution is 2.20. The van der Waals surface area contributed by atoms with Crippen molar-refractivity contribution >= 4 is 26.8 Å². The summed E-state index contributed by atoms with van der Waals surface area (Å²) >= 11 is 3.47. The van der Waals surface area contributed by atoms with Gasteiger partial charge in [0.15, 0.2) is 0 Å². The molecular weight excluding hydrogens is 252 g/mol. The monoisotopic (exact) mass is 268 g/mol. The van der Waals surface area contributed by atoms with Crippen molar-refractivity contribution in [3.05, 3.63) is 34.9 Å². The highest BCUT2D eigenvalue weighted by molar-refractivity contribution is 9.10. The van der Waals surface area contributed by atoms with Gasteiger partial charge in [0.1, 0.15) is 0 Å². The van der Waals surface area contributed by atoms with Crippen LogP contribution in [0.3, 0.4) is 0 Å². The van der Waals surface area contributed by atoms with Crippen molar-refractivity contribution in [3.8, 4) is 0 Å². The van der Waals surface area contributed by atoms with Crippen molar-refractivity contribution < 1.29 is 0 Å². The molecule has 15 heavy (non-hydrogen) atoms. The Labute approximate surface area is 99.4 Å². The number of benzene rings is 1. The molecule has 1 N–H and O–H groups in total. The molecule has 0 unspecified atom stereocenters. The number of aryl methyl sites for hydroxylation is 1. The fourth-order valence-corrected chi connectivity index (χ4v) is 1.78. The molecule has 0 radical (unpaired) electrons. The molecule has 1 aromatic carbocycles. The molecule has 1 aromatic heterocycles. The molecule has 2 rings (SSSR count). The molecule has 0 aliphatic heterocycles. The van der Waals surface area contributed by atoms with Crippen LogP contribution < -0.4 is 5.32 Å². The normalized spacial score (nSPS) is 9.87. The Morgan fingerprint density at radius 2 is 1.93 bits per heavy atom. The molecule has 2 nitrogen and oxygen atoms in total. The highest BCUT2D eigenvalue weighted by Gasteiger charge is 1.98. The third-order valence-electron chi connectivity index (χ3n) is 2.08. The number of nitrogens with one attached hydrogen (secondary N) is 1. The van der Waals surface area contributed by atoms with Gasteiger partial charge in [-0.3, -0.25) is 0 Å². The van der Waals surface area contributed by atoms with Crippen LogP contribution in [0, 0.1) is 0 Å². The minimum atomic E-state index is 1.03. The summed E-state index contributed by atoms with van der Waals surface area (Å²) in [6.07, 6.45) is 2.12. The smallest absolute Gasteiger partial charge is 0.0491 e. The number of hydrogen-bond donors (Lipinski definition) is 1. The van der Waals surface area contributed by atoms with E-state index in [9.17, 15) is 0 Å². The van der Waals surface area contributed by atoms with Gasteiger partial charge in [-0.05, 0) is 44.6 Å². The van der Waals surface area contributed by atoms with Gasteiger partial charge in [-0.25, -0.2) is 0 Å². The summed E-state index contributed by atoms with van der Waals surface area (Å²) in [6.45, 7) is 3.18. The Hall–Kier alpha value is -0.800. The lowest BCUT2D eigenvalue weighted by molar-refractivity contribution is 0.797. The standard InChI is InChI=1S/C10H10BrN.C2H7N/c1-2-12-6-5-8-3-4-9(11)7-10(8)12;1-3-2/h3-7H,2H2,1H3;3H,1-2H3. The van der Waals surface area contributed by atoms with E-state index in [1.54, 1.807) is 0 Å². The molecule has 0 fully saturated rings. The predicted molar refractivity (Wildman–Crippen MR) is 70.3 cm³/mol. The van der Waals surface area contributed by atoms with E-state index in [4.69, 9.17) is 0 Å². The Bertz CT molecular complexity index is 420. The zero-order chi connectivity index (χ0) is 11.3. The predicted octanol–water partition coefficient (Wildman–Crippen LogP) is 3.26. The molecule has 1 heterocycles. The largest absolute Gasteiger partial charge is 0.348 e. The van der Waals surface area contributed by atoms with Gasteiger partial charge in [-0.15, -0.1) is 0 Å². The van der Waals surface area contributed by atoms with Crippen LogP contribution in [-0.2, 0) is 6.54 Å². The lowest BCUT2D eigenvalue weighted by Crippen LogP contribution is -1.89. The van der Waals surface area contributed by atoms with Crippen LogP contribution in [0.15, 0.2) is 34.9 Å². The Kier molecular flexibility index (Phi) is 4.85. The van der Waals surface area contributed by atoms with E-state index < -0.39 is 0 Å². The first kappa shape index (κ1) is 12.3. The van der Waals surface area contributed by atoms with Gasteiger partial charge in [0.2, 0.25) is 0 Å². The van der Waals surface area contributed by atoms with Crippen molar-refractivity contribution in [3.63, 3.8) is 0 Å². The minimum absolute atomic E-state index is 1.03. The zero-order valence-electron chi connectivity index (χ0n) is 9.42. The first-order valence-corrected chi connectivity index (χ1v) is 5.85. The molecule has 3 heteroatoms. The maximum atomic E-state index is 3.47. The molecule has 0 aliphatic carbocycles. The van der Waals surface area contributed by atoms with E-state index in [0.29, 0.717) is 0 Å². The van der Waals surface area contributed by atoms with E-state index in [-0.39, 0.29) is 0 Å². The molecule has 0 aliphatic rings. The molecule has 82 valence electrons. The topological polar surface area (TPSA) is 17.0 Å². The van der Waals surface area contributed by atoms with Crippen LogP contribution in [0.5, 0.6) is 0 Å². The lowest BCUT2D eigenvalue weighted by atomic mass is 10.2. The van der Waals surface area contributed by atoms with E-state index in [0.717, 1.165) is 11.0 Å². The maximum Gasteiger partial charge on any atom is 0.0491 e. The summed E-state index contributed by atoms with van der Waals surface area (Å²) in [5.74, 6) is 0. The first-order chi connectivity index (χ1) is 7.22. The van der Waals surface area contributed by atoms with Crippen molar-refractivity contribution in [2.24, 2.45) is 0 Å². The molecule has 2 aromatic rings. The second kappa shape index (κ2) is 5.93. The van der Waals surface area contributed by atoms with Crippen LogP contribution in [0.4, 0.5) is 0 Å². The Morgan fingerprint density at radius 3 is 2.53 bits per heavy atom. The fraction of sp³-hybridized carbons (Fsp3) is 0.333. The highest BCUT2D eigenvalue weighted by atomic mass is 79.9. The summed E-state index contributed by atoms with van der Waals surface area (Å²) in [4.78, 5) is 0. The first-order valence-electron chi connectivity index (χ1n) is 5.05. The summed E-state index contributed by atoms with van der Waals surface area (Å²) in [7, 11) is 3.75. The summed E-state index contributed by atoms with van der Waals surface area (Å²) in [6, 6.07) is 8.50. The summed E-state index contributed by atoms with van der Waals surface area (Å²) < 4.78 is 3.38. The Balaban J connectivity index is 0.000000337. The number of halogens is 1. The van der Waals surface area contributed by atoms with Gasteiger partial charge in [0.25, 0.3) is 0 Å². The molecule has 0 atom stereocenters. The molecular formula is C12H17BrN2. The second-order valence-corrected chi connectivity index (χ2v) is 4.22. The Morgan fingerprint density at radius 1 is 1.27 bits per heavy atom. The minimum Gasteiger partial charge on any atom is -0.348 e. The van der Waals surface area contributed by atoms with E-state index in [2.05, 4.69) is 63.2 Å². The third kappa shape index (κ3) is 3.08. The van der Waals surface area contributed by atoms with Crippen LogP contribution in [0.1, 0.15) is 6.92 Å². The second-order valence-electron chi connectivity index (χ2n) is 3.30. The summed E-state index contributed by atoms with van der Waals surface area (Å²) in [5, 5.41) is 4.06. The lowest BCUT2D eigenvalue weighted by Gasteiger charge is -1.99. The molecule has 0 amide bonds. The molecule has 0 saturated heterocycles. The van der Waals surface area contributed by atoms with Crippen LogP contribution in [0.25, 0.3) is 10.9 Å². The van der Waals surface area contributed by atoms with Crippen LogP contribution >= 0.6 is 15.9 Å². The number of hydrogen-bond acceptors (Lipinski definition) is 1. The van der Waals surface area contributed by atoms with Crippen LogP contribution in [-0.4, -0.2) is 18.7 Å². The van der Waals surface area contributed by atoms with E-state index >= 15 is 0 Å². The van der Waals surface area contributed by atoms with Gasteiger partial charge in [0.05, 0.1) is 0 Å². The van der Waals surface area contributed by atoms with E-state index in [1.807, 2.05) is 14.1 Å². The van der Waals surface area contributed by atoms with Gasteiger partial charge in [0, 0.05) is 22.7 Å². The van der Waals surface area contributed by atoms with Gasteiger partial charge < -0.3 is 9.88 Å². The fourth-order valence-electron chi connectivity index (χ4n) is 1.43. The van der Waals surface area contributed by atoms with Crippen LogP contribution in [0.2, 0.25) is 0 Å². The average molecular weight is 269 g/mol. The average Bonchev–Trinajstić information content (AvgIpc) is 2.61. The van der Waals surface area contributed by atoms with E-state index in [1.165, 1.54) is 10.9 Å². The van der Waals surface area contributed by atoms with Crippen molar-refractivity contribution in [2.45, 2.75) is 13.5 Å². The molecule has 0 bridgehead atoms. The summed E-state index contributed by atoms with van der Waals surface area (Å²) in [5.41, 5.74) is 1.30. The number of nitrogens with zero attached hydrogens (tertiary/aromatic N) is 1. The number of rotatable bonds is 1. The van der Waals surface area contributed by atoms with Gasteiger partial charge in [-0.2, -0.15) is 0 Å². The SMILES string of the molecule is CCn1ccc2ccc(Br)cc21.CNC. The quantitative estimate of drug-likeness (QED) is 0.840. The number of fused-ring (bicyclic) bond motifs is 1. The van der Waals surface area contributed by atoms with Crippen molar-refractivity contribution in [1.29, 1.82) is 0 Å². The number of aromatic nitrogens is 1. The van der Waals surface area contributed by atoms with Gasteiger partial charge >= 0.3 is 0 Å². The van der Waals surface area contributed by atoms with Gasteiger partial charge in [-0.1, -0.05) is 22.0 Å².